The highest BCUT2D eigenvalue weighted by molar-refractivity contribution is 7.19. The van der Waals surface area contributed by atoms with Gasteiger partial charge < -0.3 is 19.2 Å². The highest BCUT2D eigenvalue weighted by Gasteiger charge is 2.25. The summed E-state index contributed by atoms with van der Waals surface area (Å²) in [7, 11) is 0. The van der Waals surface area contributed by atoms with Gasteiger partial charge in [-0.25, -0.2) is 0 Å². The molecule has 0 bridgehead atoms. The van der Waals surface area contributed by atoms with E-state index in [-0.39, 0.29) is 0 Å². The molecule has 5 rings (SSSR count). The van der Waals surface area contributed by atoms with E-state index in [2.05, 4.69) is 36.1 Å². The van der Waals surface area contributed by atoms with Crippen molar-refractivity contribution in [2.45, 2.75) is 31.8 Å². The summed E-state index contributed by atoms with van der Waals surface area (Å²) in [6, 6.07) is 16.4. The Kier molecular flexibility index (Phi) is 5.50. The lowest BCUT2D eigenvalue weighted by atomic mass is 9.92. The first-order chi connectivity index (χ1) is 14.7. The van der Waals surface area contributed by atoms with Crippen LogP contribution >= 0.6 is 11.3 Å². The number of piperidine rings is 1. The number of aliphatic hydroxyl groups is 1. The summed E-state index contributed by atoms with van der Waals surface area (Å²) in [5.74, 6) is 1.39. The number of benzene rings is 2. The second-order valence-electron chi connectivity index (χ2n) is 8.22. The van der Waals surface area contributed by atoms with Crippen molar-refractivity contribution in [1.82, 2.24) is 4.90 Å². The van der Waals surface area contributed by atoms with Gasteiger partial charge in [-0.3, -0.25) is 0 Å². The lowest BCUT2D eigenvalue weighted by Crippen LogP contribution is -2.40. The molecule has 0 radical (unpaired) electrons. The van der Waals surface area contributed by atoms with Crippen LogP contribution in [0.4, 0.5) is 0 Å². The summed E-state index contributed by atoms with van der Waals surface area (Å²) < 4.78 is 12.7. The number of likely N-dealkylation sites (tertiary alicyclic amines) is 1. The molecule has 1 fully saturated rings. The van der Waals surface area contributed by atoms with Gasteiger partial charge in [0, 0.05) is 16.1 Å². The second kappa shape index (κ2) is 8.42. The van der Waals surface area contributed by atoms with E-state index >= 15 is 0 Å². The van der Waals surface area contributed by atoms with Gasteiger partial charge in [0.05, 0.1) is 11.6 Å². The predicted molar refractivity (Wildman–Crippen MR) is 123 cm³/mol. The van der Waals surface area contributed by atoms with Gasteiger partial charge in [0.15, 0.2) is 0 Å². The van der Waals surface area contributed by atoms with E-state index in [0.29, 0.717) is 19.1 Å². The van der Waals surface area contributed by atoms with Crippen molar-refractivity contribution in [2.24, 2.45) is 0 Å². The van der Waals surface area contributed by atoms with E-state index in [1.807, 2.05) is 35.6 Å². The summed E-state index contributed by atoms with van der Waals surface area (Å²) >= 11 is 1.96. The van der Waals surface area contributed by atoms with Crippen LogP contribution in [-0.4, -0.2) is 42.4 Å². The maximum atomic E-state index is 10.5. The number of nitrogens with zero attached hydrogens (tertiary/aromatic N) is 1. The van der Waals surface area contributed by atoms with Crippen LogP contribution in [0.2, 0.25) is 0 Å². The number of thiophene rings is 1. The fourth-order valence-electron chi connectivity index (χ4n) is 4.59. The van der Waals surface area contributed by atoms with Crippen molar-refractivity contribution in [3.8, 4) is 5.75 Å². The SMILES string of the molecule is Cc1c(C2CCN(C[C@H](O)COc3cccc4occc34)CC2)sc2ccccc12. The molecular weight excluding hydrogens is 394 g/mol. The van der Waals surface area contributed by atoms with Crippen molar-refractivity contribution in [3.05, 3.63) is 65.2 Å². The standard InChI is InChI=1S/C25H27NO3S/c1-17-20-5-2-3-8-24(20)30-25(17)18-9-12-26(13-10-18)15-19(27)16-29-23-7-4-6-22-21(23)11-14-28-22/h2-8,11,14,18-19,27H,9-10,12-13,15-16H2,1H3/t19-/m0/s1. The van der Waals surface area contributed by atoms with Crippen LogP contribution in [0.25, 0.3) is 21.1 Å². The van der Waals surface area contributed by atoms with Gasteiger partial charge in [-0.1, -0.05) is 24.3 Å². The van der Waals surface area contributed by atoms with E-state index in [1.165, 1.54) is 15.6 Å². The molecule has 30 heavy (non-hydrogen) atoms. The van der Waals surface area contributed by atoms with E-state index in [0.717, 1.165) is 42.6 Å². The summed E-state index contributed by atoms with van der Waals surface area (Å²) in [4.78, 5) is 3.92. The largest absolute Gasteiger partial charge is 0.490 e. The number of furan rings is 1. The average molecular weight is 422 g/mol. The van der Waals surface area contributed by atoms with Gasteiger partial charge in [-0.05, 0) is 74.0 Å². The number of hydrogen-bond donors (Lipinski definition) is 1. The normalized spacial score (nSPS) is 17.0. The number of fused-ring (bicyclic) bond motifs is 2. The molecule has 1 N–H and O–H groups in total. The Morgan fingerprint density at radius 3 is 2.77 bits per heavy atom. The number of β-amino-alcohol motifs (C(OH)–C–C–N with tert-alkyl or cyclic N) is 1. The Hall–Kier alpha value is -2.34. The third-order valence-corrected chi connectivity index (χ3v) is 7.63. The van der Waals surface area contributed by atoms with E-state index in [4.69, 9.17) is 9.15 Å². The molecule has 2 aromatic heterocycles. The van der Waals surface area contributed by atoms with Crippen LogP contribution < -0.4 is 4.74 Å². The monoisotopic (exact) mass is 421 g/mol. The number of ether oxygens (including phenoxy) is 1. The minimum absolute atomic E-state index is 0.291. The molecule has 3 heterocycles. The molecule has 0 aliphatic carbocycles. The van der Waals surface area contributed by atoms with Gasteiger partial charge in [-0.15, -0.1) is 11.3 Å². The minimum Gasteiger partial charge on any atom is -0.490 e. The second-order valence-corrected chi connectivity index (χ2v) is 9.30. The number of aryl methyl sites for hydroxylation is 1. The lowest BCUT2D eigenvalue weighted by molar-refractivity contribution is 0.0600. The lowest BCUT2D eigenvalue weighted by Gasteiger charge is -2.33. The molecule has 1 atom stereocenters. The molecule has 0 unspecified atom stereocenters. The molecule has 0 amide bonds. The molecule has 1 aliphatic heterocycles. The molecule has 156 valence electrons. The molecule has 2 aromatic carbocycles. The Morgan fingerprint density at radius 1 is 1.10 bits per heavy atom. The number of hydrogen-bond acceptors (Lipinski definition) is 5. The Bertz CT molecular complexity index is 1140. The molecule has 0 spiro atoms. The van der Waals surface area contributed by atoms with Crippen LogP contribution in [0.3, 0.4) is 0 Å². The summed E-state index contributed by atoms with van der Waals surface area (Å²) in [5.41, 5.74) is 2.26. The van der Waals surface area contributed by atoms with Crippen LogP contribution in [0, 0.1) is 6.92 Å². The Balaban J connectivity index is 1.15. The Morgan fingerprint density at radius 2 is 1.93 bits per heavy atom. The fraction of sp³-hybridized carbons (Fsp3) is 0.360. The molecular formula is C25H27NO3S. The van der Waals surface area contributed by atoms with Crippen LogP contribution in [-0.2, 0) is 0 Å². The molecule has 1 saturated heterocycles. The highest BCUT2D eigenvalue weighted by atomic mass is 32.1. The average Bonchev–Trinajstić information content (AvgIpc) is 3.38. The van der Waals surface area contributed by atoms with Crippen LogP contribution in [0.15, 0.2) is 59.2 Å². The summed E-state index contributed by atoms with van der Waals surface area (Å²) in [6.07, 6.45) is 3.46. The Labute approximate surface area is 180 Å². The molecule has 4 nitrogen and oxygen atoms in total. The third kappa shape index (κ3) is 3.85. The number of aliphatic hydroxyl groups excluding tert-OH is 1. The topological polar surface area (TPSA) is 45.8 Å². The van der Waals surface area contributed by atoms with Crippen LogP contribution in [0.1, 0.15) is 29.2 Å². The van der Waals surface area contributed by atoms with E-state index in [9.17, 15) is 5.11 Å². The maximum absolute atomic E-state index is 10.5. The van der Waals surface area contributed by atoms with Gasteiger partial charge >= 0.3 is 0 Å². The zero-order valence-corrected chi connectivity index (χ0v) is 18.0. The van der Waals surface area contributed by atoms with Crippen molar-refractivity contribution in [3.63, 3.8) is 0 Å². The quantitative estimate of drug-likeness (QED) is 0.442. The minimum atomic E-state index is -0.505. The van der Waals surface area contributed by atoms with Crippen molar-refractivity contribution >= 4 is 32.4 Å². The third-order valence-electron chi connectivity index (χ3n) is 6.19. The van der Waals surface area contributed by atoms with E-state index in [1.54, 1.807) is 11.1 Å². The fourth-order valence-corrected chi connectivity index (χ4v) is 5.97. The van der Waals surface area contributed by atoms with Gasteiger partial charge in [0.2, 0.25) is 0 Å². The maximum Gasteiger partial charge on any atom is 0.137 e. The first-order valence-corrected chi connectivity index (χ1v) is 11.5. The predicted octanol–water partition coefficient (Wildman–Crippen LogP) is 5.58. The zero-order valence-electron chi connectivity index (χ0n) is 17.2. The molecule has 5 heteroatoms. The van der Waals surface area contributed by atoms with E-state index < -0.39 is 6.10 Å². The van der Waals surface area contributed by atoms with Crippen molar-refractivity contribution < 1.29 is 14.3 Å². The number of rotatable bonds is 6. The zero-order chi connectivity index (χ0) is 20.5. The summed E-state index contributed by atoms with van der Waals surface area (Å²) in [5, 5.41) is 12.9. The van der Waals surface area contributed by atoms with Gasteiger partial charge in [-0.2, -0.15) is 0 Å². The highest BCUT2D eigenvalue weighted by Crippen LogP contribution is 2.39. The first kappa shape index (κ1) is 19.6. The van der Waals surface area contributed by atoms with Crippen molar-refractivity contribution in [1.29, 1.82) is 0 Å². The van der Waals surface area contributed by atoms with Crippen LogP contribution in [0.5, 0.6) is 5.75 Å². The molecule has 1 aliphatic rings. The van der Waals surface area contributed by atoms with Crippen molar-refractivity contribution in [2.75, 3.05) is 26.2 Å². The van der Waals surface area contributed by atoms with Gasteiger partial charge in [0.25, 0.3) is 0 Å². The molecule has 4 aromatic rings. The molecule has 0 saturated carbocycles. The smallest absolute Gasteiger partial charge is 0.137 e. The first-order valence-electron chi connectivity index (χ1n) is 10.7. The summed E-state index contributed by atoms with van der Waals surface area (Å²) in [6.45, 7) is 5.25. The van der Waals surface area contributed by atoms with Gasteiger partial charge in [0.1, 0.15) is 24.0 Å².